The largest absolute Gasteiger partial charge is 0.443 e. The van der Waals surface area contributed by atoms with Crippen molar-refractivity contribution in [3.05, 3.63) is 29.5 Å². The van der Waals surface area contributed by atoms with Gasteiger partial charge in [0.15, 0.2) is 0 Å². The van der Waals surface area contributed by atoms with Crippen LogP contribution in [-0.2, 0) is 11.0 Å². The van der Waals surface area contributed by atoms with Gasteiger partial charge in [-0.2, -0.15) is 27.2 Å². The number of hydrogen-bond donors (Lipinski definition) is 1. The maximum absolute atomic E-state index is 12.8. The lowest BCUT2D eigenvalue weighted by Gasteiger charge is -2.06. The van der Waals surface area contributed by atoms with Crippen molar-refractivity contribution < 1.29 is 31.2 Å². The number of halogens is 5. The molecule has 2 rings (SSSR count). The third-order valence-electron chi connectivity index (χ3n) is 2.57. The van der Waals surface area contributed by atoms with Gasteiger partial charge in [0.1, 0.15) is 17.3 Å². The molecule has 0 aliphatic carbocycles. The number of carbonyl (C=O) groups is 1. The summed E-state index contributed by atoms with van der Waals surface area (Å²) in [6, 6.07) is 4.26. The van der Waals surface area contributed by atoms with E-state index in [4.69, 9.17) is 9.68 Å². The second kappa shape index (κ2) is 5.05. The van der Waals surface area contributed by atoms with Crippen LogP contribution in [0.1, 0.15) is 11.3 Å². The number of anilines is 1. The summed E-state index contributed by atoms with van der Waals surface area (Å²) in [6.45, 7) is 0. The van der Waals surface area contributed by atoms with Crippen molar-refractivity contribution in [1.29, 1.82) is 5.26 Å². The fourth-order valence-corrected chi connectivity index (χ4v) is 1.72. The number of nitrogens with zero attached hydrogens (tertiary/aromatic N) is 1. The summed E-state index contributed by atoms with van der Waals surface area (Å²) in [4.78, 5) is 11.0. The fraction of sp³-hybridized carbons (Fsp3) is 0.167. The Morgan fingerprint density at radius 2 is 2.00 bits per heavy atom. The molecule has 0 bridgehead atoms. The summed E-state index contributed by atoms with van der Waals surface area (Å²) in [5.41, 5.74) is -2.39. The van der Waals surface area contributed by atoms with Gasteiger partial charge in [-0.15, -0.1) is 0 Å². The molecule has 9 heteroatoms. The number of nitriles is 1. The van der Waals surface area contributed by atoms with Crippen LogP contribution in [0.3, 0.4) is 0 Å². The zero-order chi connectivity index (χ0) is 15.8. The minimum absolute atomic E-state index is 0.282. The molecule has 0 atom stereocenters. The molecule has 110 valence electrons. The van der Waals surface area contributed by atoms with Crippen molar-refractivity contribution in [2.75, 3.05) is 5.32 Å². The summed E-state index contributed by atoms with van der Waals surface area (Å²) < 4.78 is 67.6. The lowest BCUT2D eigenvalue weighted by atomic mass is 10.1. The molecule has 0 radical (unpaired) electrons. The van der Waals surface area contributed by atoms with Gasteiger partial charge in [-0.3, -0.25) is 4.79 Å². The van der Waals surface area contributed by atoms with Gasteiger partial charge in [0.2, 0.25) is 5.76 Å². The van der Waals surface area contributed by atoms with Gasteiger partial charge in [-0.05, 0) is 12.1 Å². The van der Waals surface area contributed by atoms with Crippen LogP contribution >= 0.6 is 0 Å². The molecular formula is C12H5F5N2O2. The highest BCUT2D eigenvalue weighted by Crippen LogP contribution is 2.39. The Balaban J connectivity index is 2.67. The number of nitrogens with one attached hydrogen (secondary N) is 1. The number of para-hydroxylation sites is 1. The SMILES string of the molecule is N#Cc1oc2c(C(F)(F)F)cccc2c1NC(=O)C(F)F. The highest BCUT2D eigenvalue weighted by atomic mass is 19.4. The van der Waals surface area contributed by atoms with E-state index < -0.39 is 41.1 Å². The van der Waals surface area contributed by atoms with Crippen molar-refractivity contribution in [2.45, 2.75) is 12.6 Å². The second-order valence-corrected chi connectivity index (χ2v) is 3.89. The van der Waals surface area contributed by atoms with Gasteiger partial charge in [-0.1, -0.05) is 6.07 Å². The molecule has 0 fully saturated rings. The minimum Gasteiger partial charge on any atom is -0.443 e. The molecule has 21 heavy (non-hydrogen) atoms. The van der Waals surface area contributed by atoms with Crippen molar-refractivity contribution in [3.8, 4) is 6.07 Å². The molecule has 1 heterocycles. The van der Waals surface area contributed by atoms with Gasteiger partial charge in [0, 0.05) is 5.39 Å². The van der Waals surface area contributed by atoms with E-state index >= 15 is 0 Å². The Morgan fingerprint density at radius 1 is 1.33 bits per heavy atom. The van der Waals surface area contributed by atoms with E-state index in [-0.39, 0.29) is 5.39 Å². The fourth-order valence-electron chi connectivity index (χ4n) is 1.72. The van der Waals surface area contributed by atoms with E-state index in [2.05, 4.69) is 0 Å². The first kappa shape index (κ1) is 14.8. The van der Waals surface area contributed by atoms with E-state index in [1.54, 1.807) is 5.32 Å². The van der Waals surface area contributed by atoms with E-state index in [1.165, 1.54) is 6.07 Å². The molecule has 0 spiro atoms. The minimum atomic E-state index is -4.76. The molecule has 1 N–H and O–H groups in total. The summed E-state index contributed by atoms with van der Waals surface area (Å²) in [5.74, 6) is -2.43. The summed E-state index contributed by atoms with van der Waals surface area (Å²) in [6.07, 6.45) is -8.14. The van der Waals surface area contributed by atoms with Crippen LogP contribution in [0.4, 0.5) is 27.6 Å². The maximum atomic E-state index is 12.8. The standard InChI is InChI=1S/C12H5F5N2O2/c13-10(14)11(20)19-8-5-2-1-3-6(12(15,16)17)9(5)21-7(8)4-18/h1-3,10H,(H,19,20). The number of hydrogen-bond acceptors (Lipinski definition) is 3. The third kappa shape index (κ3) is 2.65. The predicted molar refractivity (Wildman–Crippen MR) is 60.6 cm³/mol. The van der Waals surface area contributed by atoms with Crippen LogP contribution in [0.2, 0.25) is 0 Å². The van der Waals surface area contributed by atoms with Crippen LogP contribution in [0.15, 0.2) is 22.6 Å². The first-order valence-electron chi connectivity index (χ1n) is 5.37. The maximum Gasteiger partial charge on any atom is 0.420 e. The van der Waals surface area contributed by atoms with Crippen molar-refractivity contribution in [2.24, 2.45) is 0 Å². The summed E-state index contributed by atoms with van der Waals surface area (Å²) in [7, 11) is 0. The first-order chi connectivity index (χ1) is 9.75. The molecule has 0 saturated heterocycles. The summed E-state index contributed by atoms with van der Waals surface area (Å²) >= 11 is 0. The zero-order valence-corrected chi connectivity index (χ0v) is 9.96. The topological polar surface area (TPSA) is 66.0 Å². The number of carbonyl (C=O) groups excluding carboxylic acids is 1. The highest BCUT2D eigenvalue weighted by Gasteiger charge is 2.35. The average molecular weight is 304 g/mol. The van der Waals surface area contributed by atoms with E-state index in [1.807, 2.05) is 0 Å². The number of amides is 1. The first-order valence-corrected chi connectivity index (χ1v) is 5.37. The van der Waals surface area contributed by atoms with Gasteiger partial charge in [0.05, 0.1) is 5.56 Å². The number of furan rings is 1. The number of benzene rings is 1. The van der Waals surface area contributed by atoms with Crippen LogP contribution in [0.5, 0.6) is 0 Å². The van der Waals surface area contributed by atoms with Crippen molar-refractivity contribution >= 4 is 22.6 Å². The smallest absolute Gasteiger partial charge is 0.420 e. The predicted octanol–water partition coefficient (Wildman–Crippen LogP) is 3.53. The Morgan fingerprint density at radius 3 is 2.52 bits per heavy atom. The molecule has 2 aromatic rings. The normalized spacial score (nSPS) is 11.7. The van der Waals surface area contributed by atoms with Crippen molar-refractivity contribution in [3.63, 3.8) is 0 Å². The molecule has 0 saturated carbocycles. The highest BCUT2D eigenvalue weighted by molar-refractivity contribution is 6.04. The monoisotopic (exact) mass is 304 g/mol. The third-order valence-corrected chi connectivity index (χ3v) is 2.57. The van der Waals surface area contributed by atoms with Crippen LogP contribution in [0, 0.1) is 11.3 Å². The van der Waals surface area contributed by atoms with E-state index in [0.717, 1.165) is 12.1 Å². The quantitative estimate of drug-likeness (QED) is 0.863. The molecule has 0 unspecified atom stereocenters. The Hall–Kier alpha value is -2.63. The molecule has 1 aromatic heterocycles. The lowest BCUT2D eigenvalue weighted by molar-refractivity contribution is -0.136. The average Bonchev–Trinajstić information content (AvgIpc) is 2.75. The van der Waals surface area contributed by atoms with Gasteiger partial charge < -0.3 is 9.73 Å². The van der Waals surface area contributed by atoms with Gasteiger partial charge in [0.25, 0.3) is 5.91 Å². The van der Waals surface area contributed by atoms with Crippen LogP contribution in [-0.4, -0.2) is 12.3 Å². The van der Waals surface area contributed by atoms with Gasteiger partial charge >= 0.3 is 12.6 Å². The molecule has 4 nitrogen and oxygen atoms in total. The van der Waals surface area contributed by atoms with Crippen molar-refractivity contribution in [1.82, 2.24) is 0 Å². The molecule has 0 aliphatic rings. The number of fused-ring (bicyclic) bond motifs is 1. The molecular weight excluding hydrogens is 299 g/mol. The Kier molecular flexibility index (Phi) is 3.55. The van der Waals surface area contributed by atoms with E-state index in [9.17, 15) is 26.7 Å². The lowest BCUT2D eigenvalue weighted by Crippen LogP contribution is -2.20. The number of rotatable bonds is 2. The zero-order valence-electron chi connectivity index (χ0n) is 9.96. The summed E-state index contributed by atoms with van der Waals surface area (Å²) in [5, 5.41) is 10.2. The molecule has 1 amide bonds. The van der Waals surface area contributed by atoms with Crippen LogP contribution in [0.25, 0.3) is 11.0 Å². The van der Waals surface area contributed by atoms with Gasteiger partial charge in [-0.25, -0.2) is 0 Å². The van der Waals surface area contributed by atoms with E-state index in [0.29, 0.717) is 6.07 Å². The molecule has 1 aromatic carbocycles. The second-order valence-electron chi connectivity index (χ2n) is 3.89. The Labute approximate surface area is 113 Å². The Bertz CT molecular complexity index is 742. The van der Waals surface area contributed by atoms with Crippen LogP contribution < -0.4 is 5.32 Å². The molecule has 0 aliphatic heterocycles. The number of alkyl halides is 5.